The highest BCUT2D eigenvalue weighted by Gasteiger charge is 2.00. The maximum absolute atomic E-state index is 11.5. The number of nitriles is 1. The molecule has 0 aliphatic carbocycles. The molecule has 1 aromatic carbocycles. The van der Waals surface area contributed by atoms with Gasteiger partial charge in [-0.3, -0.25) is 0 Å². The van der Waals surface area contributed by atoms with E-state index in [2.05, 4.69) is 11.4 Å². The molecule has 0 aliphatic rings. The van der Waals surface area contributed by atoms with E-state index < -0.39 is 6.09 Å². The lowest BCUT2D eigenvalue weighted by atomic mass is 10.2. The average molecular weight is 298 g/mol. The minimum absolute atomic E-state index is 0.257. The number of thiophene rings is 1. The Kier molecular flexibility index (Phi) is 5.56. The number of hydrogen-bond donors (Lipinski definition) is 1. The van der Waals surface area contributed by atoms with Crippen LogP contribution in [0, 0.1) is 11.3 Å². The molecule has 0 radical (unpaired) electrons. The second-order valence-electron chi connectivity index (χ2n) is 4.16. The SMILES string of the molecule is N#Cc1ccc(C=CCNC(=O)OCc2ccccc2)s1. The van der Waals surface area contributed by atoms with E-state index in [0.717, 1.165) is 10.4 Å². The highest BCUT2D eigenvalue weighted by Crippen LogP contribution is 2.16. The summed E-state index contributed by atoms with van der Waals surface area (Å²) in [7, 11) is 0. The Morgan fingerprint density at radius 3 is 2.81 bits per heavy atom. The molecule has 0 fully saturated rings. The zero-order valence-corrected chi connectivity index (χ0v) is 12.1. The second-order valence-corrected chi connectivity index (χ2v) is 5.27. The number of amides is 1. The third-order valence-corrected chi connectivity index (χ3v) is 3.55. The number of carbonyl (C=O) groups excluding carboxylic acids is 1. The lowest BCUT2D eigenvalue weighted by Crippen LogP contribution is -2.24. The first-order valence-electron chi connectivity index (χ1n) is 6.39. The van der Waals surface area contributed by atoms with Crippen LogP contribution in [-0.2, 0) is 11.3 Å². The third kappa shape index (κ3) is 5.13. The van der Waals surface area contributed by atoms with E-state index in [-0.39, 0.29) is 6.61 Å². The minimum atomic E-state index is -0.451. The lowest BCUT2D eigenvalue weighted by Gasteiger charge is -2.04. The van der Waals surface area contributed by atoms with Crippen molar-refractivity contribution in [1.29, 1.82) is 5.26 Å². The van der Waals surface area contributed by atoms with Crippen LogP contribution in [0.5, 0.6) is 0 Å². The number of hydrogen-bond acceptors (Lipinski definition) is 4. The van der Waals surface area contributed by atoms with Crippen molar-refractivity contribution < 1.29 is 9.53 Å². The molecule has 5 heteroatoms. The molecule has 0 saturated heterocycles. The molecule has 1 amide bonds. The number of ether oxygens (including phenoxy) is 1. The smallest absolute Gasteiger partial charge is 0.407 e. The van der Waals surface area contributed by atoms with Gasteiger partial charge < -0.3 is 10.1 Å². The molecule has 1 aromatic heterocycles. The molecule has 4 nitrogen and oxygen atoms in total. The maximum Gasteiger partial charge on any atom is 0.407 e. The van der Waals surface area contributed by atoms with Crippen molar-refractivity contribution in [2.75, 3.05) is 6.54 Å². The lowest BCUT2D eigenvalue weighted by molar-refractivity contribution is 0.141. The van der Waals surface area contributed by atoms with E-state index in [4.69, 9.17) is 10.00 Å². The van der Waals surface area contributed by atoms with E-state index in [9.17, 15) is 4.79 Å². The van der Waals surface area contributed by atoms with Gasteiger partial charge >= 0.3 is 6.09 Å². The number of nitrogens with zero attached hydrogens (tertiary/aromatic N) is 1. The van der Waals surface area contributed by atoms with Gasteiger partial charge in [0.1, 0.15) is 17.6 Å². The highest BCUT2D eigenvalue weighted by atomic mass is 32.1. The van der Waals surface area contributed by atoms with Crippen molar-refractivity contribution in [3.8, 4) is 6.07 Å². The molecular weight excluding hydrogens is 284 g/mol. The summed E-state index contributed by atoms with van der Waals surface area (Å²) in [5.41, 5.74) is 0.950. The summed E-state index contributed by atoms with van der Waals surface area (Å²) < 4.78 is 5.08. The van der Waals surface area contributed by atoms with Gasteiger partial charge in [0.2, 0.25) is 0 Å². The van der Waals surface area contributed by atoms with Crippen LogP contribution in [0.3, 0.4) is 0 Å². The molecule has 21 heavy (non-hydrogen) atoms. The molecule has 106 valence electrons. The fourth-order valence-corrected chi connectivity index (χ4v) is 2.33. The Morgan fingerprint density at radius 1 is 1.29 bits per heavy atom. The molecule has 0 aliphatic heterocycles. The summed E-state index contributed by atoms with van der Waals surface area (Å²) in [5, 5.41) is 11.3. The maximum atomic E-state index is 11.5. The predicted octanol–water partition coefficient (Wildman–Crippen LogP) is 3.56. The zero-order chi connectivity index (χ0) is 14.9. The van der Waals surface area contributed by atoms with E-state index in [1.807, 2.05) is 48.6 Å². The van der Waals surface area contributed by atoms with Crippen molar-refractivity contribution in [3.05, 3.63) is 63.9 Å². The van der Waals surface area contributed by atoms with E-state index in [1.54, 1.807) is 6.07 Å². The van der Waals surface area contributed by atoms with Crippen LogP contribution in [0.1, 0.15) is 15.3 Å². The van der Waals surface area contributed by atoms with Crippen molar-refractivity contribution in [2.24, 2.45) is 0 Å². The van der Waals surface area contributed by atoms with Crippen LogP contribution >= 0.6 is 11.3 Å². The molecule has 0 unspecified atom stereocenters. The van der Waals surface area contributed by atoms with Gasteiger partial charge in [0.05, 0.1) is 0 Å². The fraction of sp³-hybridized carbons (Fsp3) is 0.125. The topological polar surface area (TPSA) is 62.1 Å². The zero-order valence-electron chi connectivity index (χ0n) is 11.3. The van der Waals surface area contributed by atoms with Gasteiger partial charge in [0.15, 0.2) is 0 Å². The van der Waals surface area contributed by atoms with Gasteiger partial charge in [-0.05, 0) is 23.8 Å². The third-order valence-electron chi connectivity index (χ3n) is 2.60. The standard InChI is InChI=1S/C16H14N2O2S/c17-11-15-9-8-14(21-15)7-4-10-18-16(19)20-12-13-5-2-1-3-6-13/h1-9H,10,12H2,(H,18,19). The van der Waals surface area contributed by atoms with Gasteiger partial charge in [-0.15, -0.1) is 11.3 Å². The first kappa shape index (κ1) is 14.8. The summed E-state index contributed by atoms with van der Waals surface area (Å²) in [4.78, 5) is 13.1. The first-order valence-corrected chi connectivity index (χ1v) is 7.20. The summed E-state index contributed by atoms with van der Waals surface area (Å²) >= 11 is 1.41. The van der Waals surface area contributed by atoms with Gasteiger partial charge in [0.25, 0.3) is 0 Å². The average Bonchev–Trinajstić information content (AvgIpc) is 2.98. The number of carbonyl (C=O) groups is 1. The molecule has 2 aromatic rings. The largest absolute Gasteiger partial charge is 0.445 e. The molecule has 1 N–H and O–H groups in total. The molecule has 0 saturated carbocycles. The van der Waals surface area contributed by atoms with E-state index in [1.165, 1.54) is 11.3 Å². The van der Waals surface area contributed by atoms with Crippen molar-refractivity contribution in [2.45, 2.75) is 6.61 Å². The van der Waals surface area contributed by atoms with Crippen molar-refractivity contribution in [3.63, 3.8) is 0 Å². The molecule has 1 heterocycles. The van der Waals surface area contributed by atoms with Crippen LogP contribution in [0.2, 0.25) is 0 Å². The normalized spacial score (nSPS) is 10.2. The Bertz CT molecular complexity index is 656. The summed E-state index contributed by atoms with van der Waals surface area (Å²) in [6, 6.07) is 15.2. The van der Waals surface area contributed by atoms with E-state index in [0.29, 0.717) is 11.4 Å². The first-order chi connectivity index (χ1) is 10.3. The second kappa shape index (κ2) is 7.88. The van der Waals surface area contributed by atoms with Crippen LogP contribution in [0.15, 0.2) is 48.5 Å². The van der Waals surface area contributed by atoms with E-state index >= 15 is 0 Å². The predicted molar refractivity (Wildman–Crippen MR) is 82.7 cm³/mol. The number of rotatable bonds is 5. The summed E-state index contributed by atoms with van der Waals surface area (Å²) in [6.07, 6.45) is 3.23. The fourth-order valence-electron chi connectivity index (χ4n) is 1.59. The minimum Gasteiger partial charge on any atom is -0.445 e. The van der Waals surface area contributed by atoms with Crippen LogP contribution in [-0.4, -0.2) is 12.6 Å². The number of nitrogens with one attached hydrogen (secondary N) is 1. The van der Waals surface area contributed by atoms with Gasteiger partial charge in [-0.25, -0.2) is 4.79 Å². The summed E-state index contributed by atoms with van der Waals surface area (Å²) in [5.74, 6) is 0. The monoisotopic (exact) mass is 298 g/mol. The van der Waals surface area contributed by atoms with Crippen molar-refractivity contribution >= 4 is 23.5 Å². The summed E-state index contributed by atoms with van der Waals surface area (Å²) in [6.45, 7) is 0.639. The Balaban J connectivity index is 1.68. The Morgan fingerprint density at radius 2 is 2.10 bits per heavy atom. The van der Waals surface area contributed by atoms with Gasteiger partial charge in [0, 0.05) is 11.4 Å². The molecule has 0 bridgehead atoms. The Labute approximate surface area is 127 Å². The van der Waals surface area contributed by atoms with Gasteiger partial charge in [-0.2, -0.15) is 5.26 Å². The number of benzene rings is 1. The number of alkyl carbamates (subject to hydrolysis) is 1. The molecule has 2 rings (SSSR count). The Hall–Kier alpha value is -2.58. The van der Waals surface area contributed by atoms with Crippen LogP contribution < -0.4 is 5.32 Å². The van der Waals surface area contributed by atoms with Crippen LogP contribution in [0.25, 0.3) is 6.08 Å². The molecular formula is C16H14N2O2S. The quantitative estimate of drug-likeness (QED) is 0.918. The molecule has 0 spiro atoms. The molecule has 0 atom stereocenters. The van der Waals surface area contributed by atoms with Crippen LogP contribution in [0.4, 0.5) is 4.79 Å². The van der Waals surface area contributed by atoms with Gasteiger partial charge in [-0.1, -0.05) is 36.4 Å². The van der Waals surface area contributed by atoms with Crippen molar-refractivity contribution in [1.82, 2.24) is 5.32 Å². The highest BCUT2D eigenvalue weighted by molar-refractivity contribution is 7.13.